The monoisotopic (exact) mass is 357 g/mol. The van der Waals surface area contributed by atoms with E-state index in [4.69, 9.17) is 9.47 Å². The summed E-state index contributed by atoms with van der Waals surface area (Å²) < 4.78 is 11.6. The molecule has 1 N–H and O–H groups in total. The average Bonchev–Trinajstić information content (AvgIpc) is 2.49. The zero-order valence-electron chi connectivity index (χ0n) is 12.1. The Morgan fingerprint density at radius 1 is 1.33 bits per heavy atom. The van der Waals surface area contributed by atoms with Gasteiger partial charge >= 0.3 is 5.97 Å². The highest BCUT2D eigenvalue weighted by Gasteiger charge is 2.18. The molecule has 116 valence electrons. The average molecular weight is 358 g/mol. The Bertz CT molecular complexity index is 501. The molecule has 0 radical (unpaired) electrons. The molecule has 0 aromatic heterocycles. The molecule has 0 atom stereocenters. The number of carboxylic acid groups (broad SMARTS) is 1. The van der Waals surface area contributed by atoms with Crippen molar-refractivity contribution in [2.45, 2.75) is 19.3 Å². The van der Waals surface area contributed by atoms with E-state index < -0.39 is 5.97 Å². The molecule has 1 fully saturated rings. The third-order valence-electron chi connectivity index (χ3n) is 3.57. The van der Waals surface area contributed by atoms with Gasteiger partial charge in [0.2, 0.25) is 0 Å². The molecule has 0 unspecified atom stereocenters. The number of likely N-dealkylation sites (tertiary alicyclic amines) is 1. The third kappa shape index (κ3) is 4.35. The Labute approximate surface area is 133 Å². The maximum Gasteiger partial charge on any atom is 0.339 e. The lowest BCUT2D eigenvalue weighted by molar-refractivity contribution is 0.0690. The van der Waals surface area contributed by atoms with Gasteiger partial charge in [-0.2, -0.15) is 0 Å². The summed E-state index contributed by atoms with van der Waals surface area (Å²) in [7, 11) is 1.50. The van der Waals surface area contributed by atoms with Gasteiger partial charge < -0.3 is 14.6 Å². The minimum atomic E-state index is -1.03. The molecule has 1 aliphatic rings. The van der Waals surface area contributed by atoms with Gasteiger partial charge in [0.05, 0.1) is 7.11 Å². The molecule has 0 bridgehead atoms. The number of nitrogens with zero attached hydrogens (tertiary/aromatic N) is 1. The van der Waals surface area contributed by atoms with E-state index in [1.54, 1.807) is 6.07 Å². The minimum absolute atomic E-state index is 0.111. The van der Waals surface area contributed by atoms with Crippen molar-refractivity contribution in [1.82, 2.24) is 4.90 Å². The predicted octanol–water partition coefficient (Wildman–Crippen LogP) is 3.02. The number of benzene rings is 1. The first kappa shape index (κ1) is 16.1. The fourth-order valence-electron chi connectivity index (χ4n) is 2.49. The second kappa shape index (κ2) is 7.66. The molecule has 21 heavy (non-hydrogen) atoms. The third-order valence-corrected chi connectivity index (χ3v) is 4.03. The number of hydrogen-bond acceptors (Lipinski definition) is 4. The number of aromatic carboxylic acids is 1. The second-order valence-corrected chi connectivity index (χ2v) is 5.96. The first-order chi connectivity index (χ1) is 10.1. The van der Waals surface area contributed by atoms with Crippen molar-refractivity contribution in [3.05, 3.63) is 22.2 Å². The van der Waals surface area contributed by atoms with Gasteiger partial charge in [0, 0.05) is 11.0 Å². The summed E-state index contributed by atoms with van der Waals surface area (Å²) in [6.07, 6.45) is 3.74. The Morgan fingerprint density at radius 3 is 2.67 bits per heavy atom. The lowest BCUT2D eigenvalue weighted by Gasteiger charge is -2.26. The minimum Gasteiger partial charge on any atom is -0.493 e. The Kier molecular flexibility index (Phi) is 5.87. The van der Waals surface area contributed by atoms with Crippen LogP contribution in [-0.2, 0) is 0 Å². The molecule has 5 nitrogen and oxygen atoms in total. The van der Waals surface area contributed by atoms with Crippen LogP contribution in [0.1, 0.15) is 29.6 Å². The van der Waals surface area contributed by atoms with Gasteiger partial charge in [-0.3, -0.25) is 4.90 Å². The molecule has 6 heteroatoms. The van der Waals surface area contributed by atoms with Crippen LogP contribution in [0.3, 0.4) is 0 Å². The summed E-state index contributed by atoms with van der Waals surface area (Å²) in [5.41, 5.74) is 0.111. The van der Waals surface area contributed by atoms with Crippen LogP contribution in [0, 0.1) is 0 Å². The normalized spacial score (nSPS) is 15.7. The largest absolute Gasteiger partial charge is 0.493 e. The van der Waals surface area contributed by atoms with Gasteiger partial charge in [0.1, 0.15) is 12.2 Å². The van der Waals surface area contributed by atoms with Crippen LogP contribution in [0.5, 0.6) is 11.5 Å². The standard InChI is InChI=1S/C15H20BrNO4/c1-20-13-10-11(16)9-12(15(18)19)14(13)21-8-7-17-5-3-2-4-6-17/h9-10H,2-8H2,1H3,(H,18,19). The Hall–Kier alpha value is -1.27. The topological polar surface area (TPSA) is 59.0 Å². The quantitative estimate of drug-likeness (QED) is 0.847. The number of halogens is 1. The van der Waals surface area contributed by atoms with Gasteiger partial charge in [-0.05, 0) is 38.1 Å². The zero-order valence-corrected chi connectivity index (χ0v) is 13.7. The smallest absolute Gasteiger partial charge is 0.339 e. The molecule has 1 heterocycles. The van der Waals surface area contributed by atoms with Crippen LogP contribution in [0.2, 0.25) is 0 Å². The number of ether oxygens (including phenoxy) is 2. The molecule has 1 aromatic rings. The number of rotatable bonds is 6. The summed E-state index contributed by atoms with van der Waals surface area (Å²) in [5.74, 6) is -0.298. The Balaban J connectivity index is 2.05. The predicted molar refractivity (Wildman–Crippen MR) is 83.4 cm³/mol. The van der Waals surface area contributed by atoms with Gasteiger partial charge in [0.25, 0.3) is 0 Å². The Morgan fingerprint density at radius 2 is 2.05 bits per heavy atom. The molecule has 2 rings (SSSR count). The number of carboxylic acids is 1. The summed E-state index contributed by atoms with van der Waals surface area (Å²) in [5, 5.41) is 9.29. The first-order valence-electron chi connectivity index (χ1n) is 7.08. The maximum atomic E-state index is 11.3. The van der Waals surface area contributed by atoms with E-state index in [9.17, 15) is 9.90 Å². The molecule has 1 aliphatic heterocycles. The van der Waals surface area contributed by atoms with Crippen LogP contribution in [0.15, 0.2) is 16.6 Å². The van der Waals surface area contributed by atoms with Crippen molar-refractivity contribution in [2.24, 2.45) is 0 Å². The summed E-state index contributed by atoms with van der Waals surface area (Å²) in [6.45, 7) is 3.44. The van der Waals surface area contributed by atoms with E-state index in [0.717, 1.165) is 19.6 Å². The van der Waals surface area contributed by atoms with E-state index in [0.29, 0.717) is 22.6 Å². The number of methoxy groups -OCH3 is 1. The van der Waals surface area contributed by atoms with Gasteiger partial charge in [-0.15, -0.1) is 0 Å². The van der Waals surface area contributed by atoms with Crippen molar-refractivity contribution in [1.29, 1.82) is 0 Å². The van der Waals surface area contributed by atoms with Crippen molar-refractivity contribution in [3.8, 4) is 11.5 Å². The molecule has 0 aliphatic carbocycles. The summed E-state index contributed by atoms with van der Waals surface area (Å²) >= 11 is 3.28. The highest BCUT2D eigenvalue weighted by atomic mass is 79.9. The van der Waals surface area contributed by atoms with Crippen molar-refractivity contribution in [3.63, 3.8) is 0 Å². The van der Waals surface area contributed by atoms with Crippen LogP contribution in [-0.4, -0.2) is 49.3 Å². The SMILES string of the molecule is COc1cc(Br)cc(C(=O)O)c1OCCN1CCCCC1. The molecule has 0 spiro atoms. The highest BCUT2D eigenvalue weighted by Crippen LogP contribution is 2.34. The van der Waals surface area contributed by atoms with Crippen molar-refractivity contribution < 1.29 is 19.4 Å². The fourth-order valence-corrected chi connectivity index (χ4v) is 2.92. The van der Waals surface area contributed by atoms with Crippen LogP contribution in [0.4, 0.5) is 0 Å². The molecule has 0 saturated carbocycles. The van der Waals surface area contributed by atoms with Crippen molar-refractivity contribution in [2.75, 3.05) is 33.4 Å². The van der Waals surface area contributed by atoms with E-state index in [1.165, 1.54) is 32.4 Å². The van der Waals surface area contributed by atoms with E-state index in [1.807, 2.05) is 0 Å². The highest BCUT2D eigenvalue weighted by molar-refractivity contribution is 9.10. The maximum absolute atomic E-state index is 11.3. The number of hydrogen-bond donors (Lipinski definition) is 1. The molecule has 1 saturated heterocycles. The van der Waals surface area contributed by atoms with E-state index in [2.05, 4.69) is 20.8 Å². The lowest BCUT2D eigenvalue weighted by atomic mass is 10.1. The number of piperidine rings is 1. The molecular weight excluding hydrogens is 338 g/mol. The fraction of sp³-hybridized carbons (Fsp3) is 0.533. The van der Waals surface area contributed by atoms with Gasteiger partial charge in [-0.25, -0.2) is 4.79 Å². The van der Waals surface area contributed by atoms with Gasteiger partial charge in [-0.1, -0.05) is 22.4 Å². The molecule has 1 aromatic carbocycles. The van der Waals surface area contributed by atoms with E-state index in [-0.39, 0.29) is 5.56 Å². The first-order valence-corrected chi connectivity index (χ1v) is 7.87. The molecule has 0 amide bonds. The van der Waals surface area contributed by atoms with Crippen LogP contribution >= 0.6 is 15.9 Å². The zero-order chi connectivity index (χ0) is 15.2. The molecular formula is C15H20BrNO4. The van der Waals surface area contributed by atoms with Crippen LogP contribution < -0.4 is 9.47 Å². The lowest BCUT2D eigenvalue weighted by Crippen LogP contribution is -2.33. The number of carbonyl (C=O) groups is 1. The summed E-state index contributed by atoms with van der Waals surface area (Å²) in [6, 6.07) is 3.24. The van der Waals surface area contributed by atoms with E-state index >= 15 is 0 Å². The summed E-state index contributed by atoms with van der Waals surface area (Å²) in [4.78, 5) is 13.7. The van der Waals surface area contributed by atoms with Gasteiger partial charge in [0.15, 0.2) is 11.5 Å². The van der Waals surface area contributed by atoms with Crippen molar-refractivity contribution >= 4 is 21.9 Å². The van der Waals surface area contributed by atoms with Crippen LogP contribution in [0.25, 0.3) is 0 Å². The second-order valence-electron chi connectivity index (χ2n) is 5.04.